The van der Waals surface area contributed by atoms with E-state index < -0.39 is 10.0 Å². The summed E-state index contributed by atoms with van der Waals surface area (Å²) in [5.41, 5.74) is 0.342. The molecule has 0 aliphatic carbocycles. The van der Waals surface area contributed by atoms with Gasteiger partial charge < -0.3 is 15.0 Å². The van der Waals surface area contributed by atoms with E-state index >= 15 is 0 Å². The van der Waals surface area contributed by atoms with Crippen LogP contribution in [0.2, 0.25) is 0 Å². The van der Waals surface area contributed by atoms with Crippen molar-refractivity contribution in [1.82, 2.24) is 14.1 Å². The number of hydrogen-bond donors (Lipinski definition) is 1. The Hall–Kier alpha value is -2.17. The standard InChI is InChI=1S/C24H38N4O5S/c1-18(2)33-22-11-10-20(34(31,32)28-13-6-5-7-14-28)15-21(22)25-23(29)17-27-12-8-9-19(16-27)24(30)26(3)4/h10-11,15,18-19H,5-9,12-14,16-17H2,1-4H3,(H,25,29). The molecule has 0 aromatic heterocycles. The minimum atomic E-state index is -3.64. The van der Waals surface area contributed by atoms with E-state index in [0.717, 1.165) is 38.6 Å². The second kappa shape index (κ2) is 11.5. The van der Waals surface area contributed by atoms with Crippen LogP contribution < -0.4 is 10.1 Å². The second-order valence-electron chi connectivity index (χ2n) is 9.64. The van der Waals surface area contributed by atoms with Gasteiger partial charge in [0.15, 0.2) is 0 Å². The molecule has 1 aromatic rings. The lowest BCUT2D eigenvalue weighted by Gasteiger charge is -2.32. The van der Waals surface area contributed by atoms with E-state index in [4.69, 9.17) is 4.74 Å². The predicted octanol–water partition coefficient (Wildman–Crippen LogP) is 2.39. The van der Waals surface area contributed by atoms with E-state index in [1.165, 1.54) is 10.4 Å². The Balaban J connectivity index is 1.75. The van der Waals surface area contributed by atoms with Crippen LogP contribution in [0.5, 0.6) is 5.75 Å². The highest BCUT2D eigenvalue weighted by molar-refractivity contribution is 7.89. The number of ether oxygens (including phenoxy) is 1. The topological polar surface area (TPSA) is 99.3 Å². The number of benzene rings is 1. The molecule has 0 bridgehead atoms. The molecule has 3 rings (SSSR count). The largest absolute Gasteiger partial charge is 0.489 e. The van der Waals surface area contributed by atoms with E-state index in [9.17, 15) is 18.0 Å². The minimum absolute atomic E-state index is 0.0772. The zero-order valence-corrected chi connectivity index (χ0v) is 21.6. The summed E-state index contributed by atoms with van der Waals surface area (Å²) < 4.78 is 33.7. The maximum Gasteiger partial charge on any atom is 0.243 e. The molecule has 1 atom stereocenters. The van der Waals surface area contributed by atoms with Crippen molar-refractivity contribution in [2.45, 2.75) is 57.0 Å². The van der Waals surface area contributed by atoms with E-state index in [-0.39, 0.29) is 35.3 Å². The van der Waals surface area contributed by atoms with Gasteiger partial charge >= 0.3 is 0 Å². The highest BCUT2D eigenvalue weighted by Crippen LogP contribution is 2.31. The van der Waals surface area contributed by atoms with Gasteiger partial charge in [0.25, 0.3) is 0 Å². The zero-order chi connectivity index (χ0) is 24.9. The molecular weight excluding hydrogens is 456 g/mol. The maximum atomic E-state index is 13.2. The Kier molecular flexibility index (Phi) is 8.95. The van der Waals surface area contributed by atoms with Gasteiger partial charge in [-0.1, -0.05) is 6.42 Å². The number of nitrogens with one attached hydrogen (secondary N) is 1. The van der Waals surface area contributed by atoms with Crippen molar-refractivity contribution in [3.63, 3.8) is 0 Å². The van der Waals surface area contributed by atoms with E-state index in [1.54, 1.807) is 31.1 Å². The monoisotopic (exact) mass is 494 g/mol. The average Bonchev–Trinajstić information content (AvgIpc) is 2.80. The van der Waals surface area contributed by atoms with Crippen molar-refractivity contribution in [2.75, 3.05) is 52.1 Å². The van der Waals surface area contributed by atoms with Crippen LogP contribution in [0, 0.1) is 5.92 Å². The average molecular weight is 495 g/mol. The molecule has 2 fully saturated rings. The van der Waals surface area contributed by atoms with Crippen LogP contribution in [-0.4, -0.2) is 87.3 Å². The van der Waals surface area contributed by atoms with E-state index in [2.05, 4.69) is 5.32 Å². The third-order valence-corrected chi connectivity index (χ3v) is 8.10. The molecular formula is C24H38N4O5S. The van der Waals surface area contributed by atoms with Gasteiger partial charge in [-0.3, -0.25) is 14.5 Å². The Morgan fingerprint density at radius 3 is 2.47 bits per heavy atom. The molecule has 0 radical (unpaired) electrons. The third-order valence-electron chi connectivity index (χ3n) is 6.20. The van der Waals surface area contributed by atoms with Crippen molar-refractivity contribution in [2.24, 2.45) is 5.92 Å². The van der Waals surface area contributed by atoms with Crippen LogP contribution in [0.15, 0.2) is 23.1 Å². The van der Waals surface area contributed by atoms with Gasteiger partial charge in [0.2, 0.25) is 21.8 Å². The van der Waals surface area contributed by atoms with Gasteiger partial charge in [-0.2, -0.15) is 4.31 Å². The first-order valence-corrected chi connectivity index (χ1v) is 13.6. The lowest BCUT2D eigenvalue weighted by Crippen LogP contribution is -2.45. The molecule has 2 saturated heterocycles. The molecule has 10 heteroatoms. The summed E-state index contributed by atoms with van der Waals surface area (Å²) in [6.07, 6.45) is 4.27. The van der Waals surface area contributed by atoms with Crippen molar-refractivity contribution in [3.8, 4) is 5.75 Å². The molecule has 1 unspecified atom stereocenters. The Morgan fingerprint density at radius 2 is 1.82 bits per heavy atom. The molecule has 0 spiro atoms. The first kappa shape index (κ1) is 26.4. The fourth-order valence-corrected chi connectivity index (χ4v) is 6.08. The number of hydrogen-bond acceptors (Lipinski definition) is 6. The molecule has 34 heavy (non-hydrogen) atoms. The van der Waals surface area contributed by atoms with Gasteiger partial charge in [0, 0.05) is 33.7 Å². The van der Waals surface area contributed by atoms with E-state index in [0.29, 0.717) is 31.1 Å². The fraction of sp³-hybridized carbons (Fsp3) is 0.667. The number of piperidine rings is 2. The van der Waals surface area contributed by atoms with Crippen molar-refractivity contribution < 1.29 is 22.7 Å². The molecule has 2 aliphatic rings. The maximum absolute atomic E-state index is 13.2. The summed E-state index contributed by atoms with van der Waals surface area (Å²) in [5, 5.41) is 2.86. The molecule has 1 aromatic carbocycles. The van der Waals surface area contributed by atoms with Crippen molar-refractivity contribution in [3.05, 3.63) is 18.2 Å². The highest BCUT2D eigenvalue weighted by atomic mass is 32.2. The van der Waals surface area contributed by atoms with Gasteiger partial charge in [-0.15, -0.1) is 0 Å². The van der Waals surface area contributed by atoms with Gasteiger partial charge in [0.1, 0.15) is 5.75 Å². The quantitative estimate of drug-likeness (QED) is 0.596. The third kappa shape index (κ3) is 6.70. The number of nitrogens with zero attached hydrogens (tertiary/aromatic N) is 3. The molecule has 2 amide bonds. The molecule has 0 saturated carbocycles. The molecule has 190 valence electrons. The summed E-state index contributed by atoms with van der Waals surface area (Å²) >= 11 is 0. The first-order chi connectivity index (χ1) is 16.1. The molecule has 2 heterocycles. The number of carbonyl (C=O) groups is 2. The number of likely N-dealkylation sites (tertiary alicyclic amines) is 1. The molecule has 1 N–H and O–H groups in total. The Morgan fingerprint density at radius 1 is 1.12 bits per heavy atom. The fourth-order valence-electron chi connectivity index (χ4n) is 4.54. The summed E-state index contributed by atoms with van der Waals surface area (Å²) in [5.74, 6) is 0.127. The Labute approximate surface area is 203 Å². The van der Waals surface area contributed by atoms with Gasteiger partial charge in [-0.25, -0.2) is 8.42 Å². The number of rotatable bonds is 8. The Bertz CT molecular complexity index is 974. The predicted molar refractivity (Wildman–Crippen MR) is 131 cm³/mol. The lowest BCUT2D eigenvalue weighted by molar-refractivity contribution is -0.135. The van der Waals surface area contributed by atoms with Crippen LogP contribution in [0.3, 0.4) is 0 Å². The number of anilines is 1. The highest BCUT2D eigenvalue weighted by Gasteiger charge is 2.29. The zero-order valence-electron chi connectivity index (χ0n) is 20.7. The summed E-state index contributed by atoms with van der Waals surface area (Å²) in [6.45, 7) is 6.17. The second-order valence-corrected chi connectivity index (χ2v) is 11.6. The van der Waals surface area contributed by atoms with Crippen LogP contribution in [0.25, 0.3) is 0 Å². The van der Waals surface area contributed by atoms with Crippen LogP contribution in [-0.2, 0) is 19.6 Å². The normalized spacial score (nSPS) is 20.2. The lowest BCUT2D eigenvalue weighted by atomic mass is 9.97. The number of sulfonamides is 1. The summed E-state index contributed by atoms with van der Waals surface area (Å²) in [7, 11) is -0.153. The van der Waals surface area contributed by atoms with Gasteiger partial charge in [-0.05, 0) is 64.3 Å². The van der Waals surface area contributed by atoms with E-state index in [1.807, 2.05) is 18.7 Å². The summed E-state index contributed by atoms with van der Waals surface area (Å²) in [6, 6.07) is 4.65. The van der Waals surface area contributed by atoms with Crippen molar-refractivity contribution in [1.29, 1.82) is 0 Å². The number of carbonyl (C=O) groups excluding carboxylic acids is 2. The van der Waals surface area contributed by atoms with Crippen molar-refractivity contribution >= 4 is 27.5 Å². The van der Waals surface area contributed by atoms with Crippen LogP contribution >= 0.6 is 0 Å². The minimum Gasteiger partial charge on any atom is -0.489 e. The first-order valence-electron chi connectivity index (χ1n) is 12.1. The molecule has 9 nitrogen and oxygen atoms in total. The summed E-state index contributed by atoms with van der Waals surface area (Å²) in [4.78, 5) is 29.0. The SMILES string of the molecule is CC(C)Oc1ccc(S(=O)(=O)N2CCCCC2)cc1NC(=O)CN1CCCC(C(=O)N(C)C)C1. The number of amides is 2. The van der Waals surface area contributed by atoms with Crippen LogP contribution in [0.4, 0.5) is 5.69 Å². The molecule has 2 aliphatic heterocycles. The smallest absolute Gasteiger partial charge is 0.243 e. The van der Waals surface area contributed by atoms with Crippen LogP contribution in [0.1, 0.15) is 46.0 Å². The van der Waals surface area contributed by atoms with Gasteiger partial charge in [0.05, 0.1) is 29.1 Å².